The Hall–Kier alpha value is -0.810. The lowest BCUT2D eigenvalue weighted by atomic mass is 9.82. The lowest BCUT2D eigenvalue weighted by Gasteiger charge is -2.31. The molecular formula is C16H33N3O2. The van der Waals surface area contributed by atoms with Crippen LogP contribution in [-0.4, -0.2) is 48.8 Å². The van der Waals surface area contributed by atoms with Crippen molar-refractivity contribution in [3.05, 3.63) is 0 Å². The molecule has 1 rings (SSSR count). The quantitative estimate of drug-likeness (QED) is 0.790. The Bertz CT molecular complexity index is 335. The maximum atomic E-state index is 11.7. The summed E-state index contributed by atoms with van der Waals surface area (Å²) in [6.45, 7) is 13.4. The molecule has 1 heterocycles. The Morgan fingerprint density at radius 1 is 1.38 bits per heavy atom. The maximum Gasteiger partial charge on any atom is 0.407 e. The standard InChI is InChI=1S/C16H33N3O2/c1-6-16(7-2)8-9-19(12-16)13(10-17)11-18-14(20)21-15(3,4)5/h13H,6-12,17H2,1-5H3,(H,18,20). The molecule has 5 heteroatoms. The SMILES string of the molecule is CCC1(CC)CCN(C(CN)CNC(=O)OC(C)(C)C)C1. The second-order valence-corrected chi connectivity index (χ2v) is 7.20. The maximum absolute atomic E-state index is 11.7. The van der Waals surface area contributed by atoms with Crippen LogP contribution in [0.1, 0.15) is 53.9 Å². The molecule has 1 unspecified atom stereocenters. The number of nitrogens with zero attached hydrogens (tertiary/aromatic N) is 1. The van der Waals surface area contributed by atoms with Crippen molar-refractivity contribution >= 4 is 6.09 Å². The Morgan fingerprint density at radius 3 is 2.43 bits per heavy atom. The first-order chi connectivity index (χ1) is 9.75. The molecule has 0 bridgehead atoms. The van der Waals surface area contributed by atoms with E-state index in [-0.39, 0.29) is 12.1 Å². The Kier molecular flexibility index (Phi) is 6.47. The van der Waals surface area contributed by atoms with Gasteiger partial charge in [-0.1, -0.05) is 13.8 Å². The van der Waals surface area contributed by atoms with Crippen LogP contribution in [-0.2, 0) is 4.74 Å². The van der Waals surface area contributed by atoms with Gasteiger partial charge in [0.15, 0.2) is 0 Å². The summed E-state index contributed by atoms with van der Waals surface area (Å²) in [7, 11) is 0. The molecule has 1 fully saturated rings. The van der Waals surface area contributed by atoms with E-state index < -0.39 is 5.60 Å². The predicted molar refractivity (Wildman–Crippen MR) is 86.3 cm³/mol. The summed E-state index contributed by atoms with van der Waals surface area (Å²) in [6, 6.07) is 0.192. The minimum absolute atomic E-state index is 0.192. The number of hydrogen-bond donors (Lipinski definition) is 2. The minimum Gasteiger partial charge on any atom is -0.444 e. The number of nitrogens with two attached hydrogens (primary N) is 1. The van der Waals surface area contributed by atoms with Gasteiger partial charge in [0, 0.05) is 25.7 Å². The van der Waals surface area contributed by atoms with Gasteiger partial charge in [-0.3, -0.25) is 4.90 Å². The molecule has 1 atom stereocenters. The van der Waals surface area contributed by atoms with Crippen molar-refractivity contribution in [2.24, 2.45) is 11.1 Å². The number of amides is 1. The number of nitrogens with one attached hydrogen (secondary N) is 1. The van der Waals surface area contributed by atoms with Crippen LogP contribution in [0.2, 0.25) is 0 Å². The Balaban J connectivity index is 2.48. The molecule has 21 heavy (non-hydrogen) atoms. The third-order valence-electron chi connectivity index (χ3n) is 4.64. The highest BCUT2D eigenvalue weighted by Gasteiger charge is 2.37. The number of hydrogen-bond acceptors (Lipinski definition) is 4. The predicted octanol–water partition coefficient (Wildman–Crippen LogP) is 2.35. The molecule has 1 aliphatic heterocycles. The van der Waals surface area contributed by atoms with Gasteiger partial charge >= 0.3 is 6.09 Å². The van der Waals surface area contributed by atoms with Gasteiger partial charge in [-0.05, 0) is 52.0 Å². The van der Waals surface area contributed by atoms with E-state index in [9.17, 15) is 4.79 Å². The summed E-state index contributed by atoms with van der Waals surface area (Å²) in [5, 5.41) is 2.85. The van der Waals surface area contributed by atoms with Gasteiger partial charge in [-0.15, -0.1) is 0 Å². The number of carbonyl (C=O) groups is 1. The lowest BCUT2D eigenvalue weighted by molar-refractivity contribution is 0.0510. The smallest absolute Gasteiger partial charge is 0.407 e. The fraction of sp³-hybridized carbons (Fsp3) is 0.938. The molecule has 0 aromatic carbocycles. The molecule has 0 aromatic heterocycles. The minimum atomic E-state index is -0.463. The van der Waals surface area contributed by atoms with Gasteiger partial charge < -0.3 is 15.8 Å². The van der Waals surface area contributed by atoms with Crippen molar-refractivity contribution in [2.45, 2.75) is 65.5 Å². The van der Waals surface area contributed by atoms with Crippen molar-refractivity contribution < 1.29 is 9.53 Å². The number of carbonyl (C=O) groups excluding carboxylic acids is 1. The third kappa shape index (κ3) is 5.47. The first-order valence-electron chi connectivity index (χ1n) is 8.16. The van der Waals surface area contributed by atoms with E-state index in [1.54, 1.807) is 0 Å². The zero-order chi connectivity index (χ0) is 16.1. The number of likely N-dealkylation sites (tertiary alicyclic amines) is 1. The van der Waals surface area contributed by atoms with Crippen molar-refractivity contribution in [1.29, 1.82) is 0 Å². The van der Waals surface area contributed by atoms with Crippen LogP contribution in [0.3, 0.4) is 0 Å². The van der Waals surface area contributed by atoms with E-state index >= 15 is 0 Å². The molecule has 0 saturated carbocycles. The van der Waals surface area contributed by atoms with Crippen molar-refractivity contribution in [3.8, 4) is 0 Å². The highest BCUT2D eigenvalue weighted by atomic mass is 16.6. The highest BCUT2D eigenvalue weighted by Crippen LogP contribution is 2.37. The summed E-state index contributed by atoms with van der Waals surface area (Å²) < 4.78 is 5.27. The first-order valence-corrected chi connectivity index (χ1v) is 8.16. The molecule has 0 spiro atoms. The van der Waals surface area contributed by atoms with Crippen LogP contribution in [0.25, 0.3) is 0 Å². The van der Waals surface area contributed by atoms with Gasteiger partial charge in [0.05, 0.1) is 0 Å². The summed E-state index contributed by atoms with van der Waals surface area (Å²) in [4.78, 5) is 14.2. The van der Waals surface area contributed by atoms with Crippen molar-refractivity contribution in [3.63, 3.8) is 0 Å². The highest BCUT2D eigenvalue weighted by molar-refractivity contribution is 5.67. The molecule has 0 aromatic rings. The number of ether oxygens (including phenoxy) is 1. The second-order valence-electron chi connectivity index (χ2n) is 7.20. The Morgan fingerprint density at radius 2 is 2.00 bits per heavy atom. The monoisotopic (exact) mass is 299 g/mol. The average molecular weight is 299 g/mol. The number of rotatable bonds is 6. The van der Waals surface area contributed by atoms with Crippen LogP contribution in [0, 0.1) is 5.41 Å². The van der Waals surface area contributed by atoms with Crippen LogP contribution in [0.4, 0.5) is 4.79 Å². The fourth-order valence-corrected chi connectivity index (χ4v) is 2.99. The van der Waals surface area contributed by atoms with Gasteiger partial charge in [-0.25, -0.2) is 4.79 Å². The average Bonchev–Trinajstić information content (AvgIpc) is 2.82. The zero-order valence-corrected chi connectivity index (χ0v) is 14.4. The zero-order valence-electron chi connectivity index (χ0n) is 14.4. The first kappa shape index (κ1) is 18.2. The van der Waals surface area contributed by atoms with Gasteiger partial charge in [0.2, 0.25) is 0 Å². The molecule has 0 radical (unpaired) electrons. The van der Waals surface area contributed by atoms with E-state index in [4.69, 9.17) is 10.5 Å². The third-order valence-corrected chi connectivity index (χ3v) is 4.64. The Labute approximate surface area is 129 Å². The summed E-state index contributed by atoms with van der Waals surface area (Å²) in [5.74, 6) is 0. The molecular weight excluding hydrogens is 266 g/mol. The largest absolute Gasteiger partial charge is 0.444 e. The summed E-state index contributed by atoms with van der Waals surface area (Å²) in [5.41, 5.74) is 5.87. The van der Waals surface area contributed by atoms with Crippen molar-refractivity contribution in [2.75, 3.05) is 26.2 Å². The molecule has 0 aliphatic carbocycles. The normalized spacial score (nSPS) is 20.3. The second kappa shape index (κ2) is 7.45. The van der Waals surface area contributed by atoms with E-state index in [1.807, 2.05) is 20.8 Å². The molecule has 5 nitrogen and oxygen atoms in total. The summed E-state index contributed by atoms with van der Waals surface area (Å²) >= 11 is 0. The van der Waals surface area contributed by atoms with Crippen molar-refractivity contribution in [1.82, 2.24) is 10.2 Å². The van der Waals surface area contributed by atoms with Crippen LogP contribution < -0.4 is 11.1 Å². The molecule has 1 saturated heterocycles. The van der Waals surface area contributed by atoms with Gasteiger partial charge in [-0.2, -0.15) is 0 Å². The lowest BCUT2D eigenvalue weighted by Crippen LogP contribution is -2.48. The fourth-order valence-electron chi connectivity index (χ4n) is 2.99. The topological polar surface area (TPSA) is 67.6 Å². The molecule has 124 valence electrons. The van der Waals surface area contributed by atoms with Crippen LogP contribution >= 0.6 is 0 Å². The molecule has 1 aliphatic rings. The van der Waals surface area contributed by atoms with E-state index in [0.29, 0.717) is 18.5 Å². The van der Waals surface area contributed by atoms with E-state index in [2.05, 4.69) is 24.1 Å². The summed E-state index contributed by atoms with van der Waals surface area (Å²) in [6.07, 6.45) is 3.27. The van der Waals surface area contributed by atoms with Crippen LogP contribution in [0.5, 0.6) is 0 Å². The van der Waals surface area contributed by atoms with Gasteiger partial charge in [0.1, 0.15) is 5.60 Å². The van der Waals surface area contributed by atoms with Gasteiger partial charge in [0.25, 0.3) is 0 Å². The van der Waals surface area contributed by atoms with Crippen LogP contribution in [0.15, 0.2) is 0 Å². The van der Waals surface area contributed by atoms with E-state index in [1.165, 1.54) is 19.3 Å². The number of alkyl carbamates (subject to hydrolysis) is 1. The van der Waals surface area contributed by atoms with E-state index in [0.717, 1.165) is 13.1 Å². The molecule has 1 amide bonds. The molecule has 3 N–H and O–H groups in total.